The Kier molecular flexibility index (Phi) is 5.73. The topological polar surface area (TPSA) is 18.5 Å². The molecule has 0 spiro atoms. The smallest absolute Gasteiger partial charge is 0.0198 e. The van der Waals surface area contributed by atoms with Crippen LogP contribution in [-0.4, -0.2) is 62.2 Å². The van der Waals surface area contributed by atoms with Gasteiger partial charge in [0.05, 0.1) is 0 Å². The molecule has 1 rings (SSSR count). The Balaban J connectivity index is 2.33. The molecule has 0 aromatic heterocycles. The molecule has 0 aromatic carbocycles. The lowest BCUT2D eigenvalue weighted by atomic mass is 10.1. The minimum Gasteiger partial charge on any atom is -0.312 e. The second-order valence-corrected chi connectivity index (χ2v) is 5.84. The number of hydrogen-bond donors (Lipinski definition) is 1. The molecule has 3 heteroatoms. The van der Waals surface area contributed by atoms with Gasteiger partial charge in [0.25, 0.3) is 0 Å². The van der Waals surface area contributed by atoms with Gasteiger partial charge in [-0.3, -0.25) is 4.90 Å². The van der Waals surface area contributed by atoms with E-state index in [0.29, 0.717) is 12.1 Å². The van der Waals surface area contributed by atoms with E-state index in [9.17, 15) is 0 Å². The van der Waals surface area contributed by atoms with Crippen LogP contribution in [0.3, 0.4) is 0 Å². The van der Waals surface area contributed by atoms with Crippen molar-refractivity contribution < 1.29 is 0 Å². The Morgan fingerprint density at radius 2 is 1.94 bits per heavy atom. The SMILES string of the molecule is CC1CNC(CN(CCN(C)C)C(C)C)C1. The first-order valence-corrected chi connectivity index (χ1v) is 6.61. The van der Waals surface area contributed by atoms with Crippen LogP contribution in [-0.2, 0) is 0 Å². The molecular formula is C13H29N3. The van der Waals surface area contributed by atoms with E-state index in [1.54, 1.807) is 0 Å². The van der Waals surface area contributed by atoms with Gasteiger partial charge in [-0.2, -0.15) is 0 Å². The molecule has 0 aliphatic carbocycles. The summed E-state index contributed by atoms with van der Waals surface area (Å²) in [4.78, 5) is 4.86. The lowest BCUT2D eigenvalue weighted by Gasteiger charge is -2.30. The van der Waals surface area contributed by atoms with Crippen LogP contribution < -0.4 is 5.32 Å². The van der Waals surface area contributed by atoms with Gasteiger partial charge < -0.3 is 10.2 Å². The van der Waals surface area contributed by atoms with Crippen LogP contribution in [0.2, 0.25) is 0 Å². The van der Waals surface area contributed by atoms with E-state index < -0.39 is 0 Å². The lowest BCUT2D eigenvalue weighted by molar-refractivity contribution is 0.183. The fraction of sp³-hybridized carbons (Fsp3) is 1.00. The van der Waals surface area contributed by atoms with E-state index in [0.717, 1.165) is 12.5 Å². The highest BCUT2D eigenvalue weighted by Gasteiger charge is 2.23. The van der Waals surface area contributed by atoms with E-state index in [1.165, 1.54) is 26.1 Å². The summed E-state index contributed by atoms with van der Waals surface area (Å²) in [7, 11) is 4.29. The van der Waals surface area contributed by atoms with Crippen LogP contribution in [0.25, 0.3) is 0 Å². The van der Waals surface area contributed by atoms with Crippen molar-refractivity contribution in [3.05, 3.63) is 0 Å². The van der Waals surface area contributed by atoms with Crippen molar-refractivity contribution in [2.24, 2.45) is 5.92 Å². The highest BCUT2D eigenvalue weighted by Crippen LogP contribution is 2.14. The van der Waals surface area contributed by atoms with Gasteiger partial charge in [-0.05, 0) is 46.8 Å². The average Bonchev–Trinajstić information content (AvgIpc) is 2.57. The average molecular weight is 227 g/mol. The molecule has 0 saturated carbocycles. The zero-order chi connectivity index (χ0) is 12.1. The molecule has 2 atom stereocenters. The van der Waals surface area contributed by atoms with Crippen molar-refractivity contribution in [2.45, 2.75) is 39.3 Å². The normalized spacial score (nSPS) is 26.2. The summed E-state index contributed by atoms with van der Waals surface area (Å²) >= 11 is 0. The summed E-state index contributed by atoms with van der Waals surface area (Å²) in [5.74, 6) is 0.855. The minimum absolute atomic E-state index is 0.651. The molecule has 1 aliphatic heterocycles. The highest BCUT2D eigenvalue weighted by atomic mass is 15.2. The van der Waals surface area contributed by atoms with Crippen LogP contribution in [0.4, 0.5) is 0 Å². The highest BCUT2D eigenvalue weighted by molar-refractivity contribution is 4.83. The predicted molar refractivity (Wildman–Crippen MR) is 70.8 cm³/mol. The third-order valence-electron chi connectivity index (χ3n) is 3.46. The van der Waals surface area contributed by atoms with Crippen LogP contribution in [0.5, 0.6) is 0 Å². The van der Waals surface area contributed by atoms with Crippen molar-refractivity contribution in [1.82, 2.24) is 15.1 Å². The Morgan fingerprint density at radius 3 is 2.38 bits per heavy atom. The predicted octanol–water partition coefficient (Wildman–Crippen LogP) is 1.26. The van der Waals surface area contributed by atoms with Crippen molar-refractivity contribution in [3.8, 4) is 0 Å². The van der Waals surface area contributed by atoms with Crippen LogP contribution in [0.15, 0.2) is 0 Å². The van der Waals surface area contributed by atoms with Gasteiger partial charge in [0.1, 0.15) is 0 Å². The van der Waals surface area contributed by atoms with Gasteiger partial charge in [0, 0.05) is 31.7 Å². The zero-order valence-corrected chi connectivity index (χ0v) is 11.7. The molecule has 0 bridgehead atoms. The second-order valence-electron chi connectivity index (χ2n) is 5.84. The summed E-state index contributed by atoms with van der Waals surface area (Å²) < 4.78 is 0. The monoisotopic (exact) mass is 227 g/mol. The van der Waals surface area contributed by atoms with Crippen molar-refractivity contribution in [3.63, 3.8) is 0 Å². The standard InChI is InChI=1S/C13H29N3/c1-11(2)16(7-6-15(4)5)10-13-8-12(3)9-14-13/h11-14H,6-10H2,1-5H3. The van der Waals surface area contributed by atoms with Crippen molar-refractivity contribution >= 4 is 0 Å². The summed E-state index contributed by atoms with van der Waals surface area (Å²) in [6.07, 6.45) is 1.34. The first-order chi connectivity index (χ1) is 7.49. The van der Waals surface area contributed by atoms with Gasteiger partial charge in [0.15, 0.2) is 0 Å². The first kappa shape index (κ1) is 13.9. The maximum absolute atomic E-state index is 3.62. The molecule has 1 aliphatic rings. The van der Waals surface area contributed by atoms with Gasteiger partial charge in [-0.1, -0.05) is 6.92 Å². The van der Waals surface area contributed by atoms with Gasteiger partial charge in [0.2, 0.25) is 0 Å². The Labute approximate surface area is 101 Å². The van der Waals surface area contributed by atoms with E-state index >= 15 is 0 Å². The number of rotatable bonds is 6. The van der Waals surface area contributed by atoms with E-state index in [1.807, 2.05) is 0 Å². The number of nitrogens with zero attached hydrogens (tertiary/aromatic N) is 2. The van der Waals surface area contributed by atoms with Crippen molar-refractivity contribution in [2.75, 3.05) is 40.3 Å². The molecular weight excluding hydrogens is 198 g/mol. The molecule has 96 valence electrons. The molecule has 2 unspecified atom stereocenters. The lowest BCUT2D eigenvalue weighted by Crippen LogP contribution is -2.44. The van der Waals surface area contributed by atoms with Gasteiger partial charge in [-0.15, -0.1) is 0 Å². The van der Waals surface area contributed by atoms with E-state index in [-0.39, 0.29) is 0 Å². The van der Waals surface area contributed by atoms with E-state index in [2.05, 4.69) is 50.0 Å². The molecule has 0 amide bonds. The Bertz CT molecular complexity index is 192. The van der Waals surface area contributed by atoms with Crippen LogP contribution in [0, 0.1) is 5.92 Å². The van der Waals surface area contributed by atoms with Crippen LogP contribution in [0.1, 0.15) is 27.2 Å². The third-order valence-corrected chi connectivity index (χ3v) is 3.46. The summed E-state index contributed by atoms with van der Waals surface area (Å²) in [5, 5.41) is 3.62. The van der Waals surface area contributed by atoms with Gasteiger partial charge >= 0.3 is 0 Å². The maximum atomic E-state index is 3.62. The first-order valence-electron chi connectivity index (χ1n) is 6.61. The molecule has 1 N–H and O–H groups in total. The molecule has 1 saturated heterocycles. The van der Waals surface area contributed by atoms with E-state index in [4.69, 9.17) is 0 Å². The molecule has 16 heavy (non-hydrogen) atoms. The molecule has 1 fully saturated rings. The number of likely N-dealkylation sites (N-methyl/N-ethyl adjacent to an activating group) is 1. The number of hydrogen-bond acceptors (Lipinski definition) is 3. The van der Waals surface area contributed by atoms with Gasteiger partial charge in [-0.25, -0.2) is 0 Å². The number of nitrogens with one attached hydrogen (secondary N) is 1. The Morgan fingerprint density at radius 1 is 1.25 bits per heavy atom. The van der Waals surface area contributed by atoms with Crippen molar-refractivity contribution in [1.29, 1.82) is 0 Å². The molecule has 3 nitrogen and oxygen atoms in total. The largest absolute Gasteiger partial charge is 0.312 e. The molecule has 0 aromatic rings. The summed E-state index contributed by atoms with van der Waals surface area (Å²) in [5.41, 5.74) is 0. The summed E-state index contributed by atoms with van der Waals surface area (Å²) in [6.45, 7) is 11.7. The Hall–Kier alpha value is -0.120. The third kappa shape index (κ3) is 4.81. The second kappa shape index (κ2) is 6.58. The molecule has 1 heterocycles. The fourth-order valence-electron chi connectivity index (χ4n) is 2.33. The fourth-order valence-corrected chi connectivity index (χ4v) is 2.33. The summed E-state index contributed by atoms with van der Waals surface area (Å²) in [6, 6.07) is 1.36. The minimum atomic E-state index is 0.651. The van der Waals surface area contributed by atoms with Crippen LogP contribution >= 0.6 is 0 Å². The zero-order valence-electron chi connectivity index (χ0n) is 11.7. The maximum Gasteiger partial charge on any atom is 0.0198 e. The quantitative estimate of drug-likeness (QED) is 0.737. The molecule has 0 radical (unpaired) electrons.